The average molecular weight is 198 g/mol. The van der Waals surface area contributed by atoms with Gasteiger partial charge in [0.1, 0.15) is 0 Å². The van der Waals surface area contributed by atoms with E-state index >= 15 is 0 Å². The first-order valence-electron chi connectivity index (χ1n) is 5.80. The summed E-state index contributed by atoms with van der Waals surface area (Å²) in [5.41, 5.74) is 5.77. The van der Waals surface area contributed by atoms with E-state index in [4.69, 9.17) is 5.73 Å². The lowest BCUT2D eigenvalue weighted by Crippen LogP contribution is -2.44. The number of carbonyl (C=O) groups is 1. The Morgan fingerprint density at radius 2 is 2.14 bits per heavy atom. The highest BCUT2D eigenvalue weighted by Crippen LogP contribution is 2.17. The van der Waals surface area contributed by atoms with Gasteiger partial charge >= 0.3 is 0 Å². The van der Waals surface area contributed by atoms with Crippen LogP contribution in [-0.4, -0.2) is 18.0 Å². The molecule has 0 saturated heterocycles. The van der Waals surface area contributed by atoms with E-state index in [-0.39, 0.29) is 11.9 Å². The first-order valence-corrected chi connectivity index (χ1v) is 5.80. The molecule has 1 atom stereocenters. The van der Waals surface area contributed by atoms with Crippen LogP contribution >= 0.6 is 0 Å². The quantitative estimate of drug-likeness (QED) is 0.704. The molecule has 3 N–H and O–H groups in total. The van der Waals surface area contributed by atoms with Gasteiger partial charge in [0.15, 0.2) is 0 Å². The van der Waals surface area contributed by atoms with Gasteiger partial charge in [-0.05, 0) is 19.3 Å². The van der Waals surface area contributed by atoms with Crippen LogP contribution in [0.1, 0.15) is 51.9 Å². The molecule has 1 saturated carbocycles. The highest BCUT2D eigenvalue weighted by Gasteiger charge is 2.20. The van der Waals surface area contributed by atoms with Crippen LogP contribution in [0.15, 0.2) is 0 Å². The molecule has 0 aliphatic heterocycles. The summed E-state index contributed by atoms with van der Waals surface area (Å²) >= 11 is 0. The van der Waals surface area contributed by atoms with Crippen molar-refractivity contribution in [3.63, 3.8) is 0 Å². The second-order valence-corrected chi connectivity index (χ2v) is 4.24. The van der Waals surface area contributed by atoms with Crippen LogP contribution in [0.4, 0.5) is 0 Å². The summed E-state index contributed by atoms with van der Waals surface area (Å²) in [5.74, 6) is 0.0466. The molecule has 0 radical (unpaired) electrons. The van der Waals surface area contributed by atoms with Crippen LogP contribution < -0.4 is 11.1 Å². The Hall–Kier alpha value is -0.570. The molecule has 1 aliphatic rings. The van der Waals surface area contributed by atoms with Crippen LogP contribution in [0.2, 0.25) is 0 Å². The third kappa shape index (κ3) is 3.66. The number of nitrogens with one attached hydrogen (secondary N) is 1. The van der Waals surface area contributed by atoms with Crippen molar-refractivity contribution in [1.29, 1.82) is 0 Å². The Bertz CT molecular complexity index is 176. The number of hydrogen-bond donors (Lipinski definition) is 2. The molecule has 0 heterocycles. The average Bonchev–Trinajstić information content (AvgIpc) is 2.66. The minimum absolute atomic E-state index is 0.0466. The fourth-order valence-corrected chi connectivity index (χ4v) is 1.93. The lowest BCUT2D eigenvalue weighted by molar-refractivity contribution is -0.123. The van der Waals surface area contributed by atoms with Crippen LogP contribution in [-0.2, 0) is 4.79 Å². The van der Waals surface area contributed by atoms with Crippen molar-refractivity contribution in [3.8, 4) is 0 Å². The molecule has 0 aromatic heterocycles. The summed E-state index contributed by atoms with van der Waals surface area (Å²) in [7, 11) is 0. The highest BCUT2D eigenvalue weighted by molar-refractivity contribution is 5.81. The summed E-state index contributed by atoms with van der Waals surface area (Å²) in [6.45, 7) is 2.11. The molecule has 1 aliphatic carbocycles. The predicted octanol–water partition coefficient (Wildman–Crippen LogP) is 1.56. The topological polar surface area (TPSA) is 55.1 Å². The van der Waals surface area contributed by atoms with Gasteiger partial charge in [0.25, 0.3) is 0 Å². The van der Waals surface area contributed by atoms with Gasteiger partial charge in [-0.3, -0.25) is 4.79 Å². The maximum Gasteiger partial charge on any atom is 0.237 e. The Kier molecular flexibility index (Phi) is 4.94. The molecular formula is C11H22N2O. The Morgan fingerprint density at radius 3 is 2.71 bits per heavy atom. The van der Waals surface area contributed by atoms with Crippen molar-refractivity contribution < 1.29 is 4.79 Å². The van der Waals surface area contributed by atoms with Gasteiger partial charge in [-0.15, -0.1) is 0 Å². The van der Waals surface area contributed by atoms with Gasteiger partial charge in [0.2, 0.25) is 5.91 Å². The number of carbonyl (C=O) groups excluding carboxylic acids is 1. The van der Waals surface area contributed by atoms with Crippen LogP contribution in [0, 0.1) is 0 Å². The molecule has 0 aromatic rings. The standard InChI is InChI=1S/C11H22N2O/c1-2-3-8-10(12)11(14)13-9-6-4-5-7-9/h9-10H,2-8,12H2,1H3,(H,13,14)/t10-/m0/s1. The maximum atomic E-state index is 11.6. The van der Waals surface area contributed by atoms with Crippen LogP contribution in [0.5, 0.6) is 0 Å². The molecule has 3 nitrogen and oxygen atoms in total. The Balaban J connectivity index is 2.18. The van der Waals surface area contributed by atoms with E-state index < -0.39 is 0 Å². The first-order chi connectivity index (χ1) is 6.74. The molecule has 0 unspecified atom stereocenters. The van der Waals surface area contributed by atoms with E-state index in [1.165, 1.54) is 12.8 Å². The molecular weight excluding hydrogens is 176 g/mol. The Labute approximate surface area is 86.4 Å². The van der Waals surface area contributed by atoms with Crippen molar-refractivity contribution in [2.75, 3.05) is 0 Å². The van der Waals surface area contributed by atoms with Crippen molar-refractivity contribution in [2.45, 2.75) is 64.0 Å². The van der Waals surface area contributed by atoms with E-state index in [0.717, 1.165) is 32.1 Å². The van der Waals surface area contributed by atoms with Crippen molar-refractivity contribution >= 4 is 5.91 Å². The zero-order valence-electron chi connectivity index (χ0n) is 9.09. The molecule has 14 heavy (non-hydrogen) atoms. The minimum Gasteiger partial charge on any atom is -0.352 e. The second kappa shape index (κ2) is 6.02. The second-order valence-electron chi connectivity index (χ2n) is 4.24. The van der Waals surface area contributed by atoms with E-state index in [1.54, 1.807) is 0 Å². The number of unbranched alkanes of at least 4 members (excludes halogenated alkanes) is 1. The zero-order chi connectivity index (χ0) is 10.4. The molecule has 0 bridgehead atoms. The lowest BCUT2D eigenvalue weighted by atomic mass is 10.1. The highest BCUT2D eigenvalue weighted by atomic mass is 16.2. The predicted molar refractivity (Wildman–Crippen MR) is 57.9 cm³/mol. The monoisotopic (exact) mass is 198 g/mol. The van der Waals surface area contributed by atoms with Crippen LogP contribution in [0.25, 0.3) is 0 Å². The molecule has 0 spiro atoms. The summed E-state index contributed by atoms with van der Waals surface area (Å²) < 4.78 is 0. The molecule has 1 rings (SSSR count). The summed E-state index contributed by atoms with van der Waals surface area (Å²) in [6.07, 6.45) is 7.71. The van der Waals surface area contributed by atoms with E-state index in [0.29, 0.717) is 6.04 Å². The van der Waals surface area contributed by atoms with Gasteiger partial charge in [-0.1, -0.05) is 32.6 Å². The molecule has 82 valence electrons. The minimum atomic E-state index is -0.296. The first kappa shape index (κ1) is 11.5. The summed E-state index contributed by atoms with van der Waals surface area (Å²) in [4.78, 5) is 11.6. The van der Waals surface area contributed by atoms with Gasteiger partial charge < -0.3 is 11.1 Å². The van der Waals surface area contributed by atoms with Gasteiger partial charge in [0.05, 0.1) is 6.04 Å². The maximum absolute atomic E-state index is 11.6. The van der Waals surface area contributed by atoms with Gasteiger partial charge in [-0.2, -0.15) is 0 Å². The SMILES string of the molecule is CCCC[C@H](N)C(=O)NC1CCCC1. The van der Waals surface area contributed by atoms with E-state index in [2.05, 4.69) is 12.2 Å². The number of amides is 1. The smallest absolute Gasteiger partial charge is 0.237 e. The molecule has 1 fully saturated rings. The Morgan fingerprint density at radius 1 is 1.50 bits per heavy atom. The molecule has 1 amide bonds. The molecule has 0 aromatic carbocycles. The van der Waals surface area contributed by atoms with Crippen LogP contribution in [0.3, 0.4) is 0 Å². The molecule has 3 heteroatoms. The number of rotatable bonds is 5. The van der Waals surface area contributed by atoms with Crippen molar-refractivity contribution in [3.05, 3.63) is 0 Å². The lowest BCUT2D eigenvalue weighted by Gasteiger charge is -2.16. The van der Waals surface area contributed by atoms with Crippen molar-refractivity contribution in [2.24, 2.45) is 5.73 Å². The zero-order valence-corrected chi connectivity index (χ0v) is 9.09. The summed E-state index contributed by atoms with van der Waals surface area (Å²) in [6, 6.07) is 0.103. The van der Waals surface area contributed by atoms with Crippen molar-refractivity contribution in [1.82, 2.24) is 5.32 Å². The third-order valence-corrected chi connectivity index (χ3v) is 2.91. The van der Waals surface area contributed by atoms with E-state index in [9.17, 15) is 4.79 Å². The fraction of sp³-hybridized carbons (Fsp3) is 0.909. The third-order valence-electron chi connectivity index (χ3n) is 2.91. The number of hydrogen-bond acceptors (Lipinski definition) is 2. The van der Waals surface area contributed by atoms with E-state index in [1.807, 2.05) is 0 Å². The number of nitrogens with two attached hydrogens (primary N) is 1. The largest absolute Gasteiger partial charge is 0.352 e. The normalized spacial score (nSPS) is 19.6. The fourth-order valence-electron chi connectivity index (χ4n) is 1.93. The van der Waals surface area contributed by atoms with Gasteiger partial charge in [0, 0.05) is 6.04 Å². The summed E-state index contributed by atoms with van der Waals surface area (Å²) in [5, 5.41) is 3.02. The van der Waals surface area contributed by atoms with Gasteiger partial charge in [-0.25, -0.2) is 0 Å².